The molecule has 10 rings (SSSR count). The molecule has 2 fully saturated rings. The molecule has 2 N–H and O–H groups in total. The number of para-hydroxylation sites is 2. The highest BCUT2D eigenvalue weighted by atomic mass is 32.2. The number of sulfonamides is 2. The summed E-state index contributed by atoms with van der Waals surface area (Å²) in [7, 11) is -8.06. The fourth-order valence-corrected chi connectivity index (χ4v) is 11.8. The maximum Gasteiger partial charge on any atom is 0.264 e. The lowest BCUT2D eigenvalue weighted by atomic mass is 10.0. The number of nitrogens with zero attached hydrogens (tertiary/aromatic N) is 8. The number of hydrogen-bond donors (Lipinski definition) is 2. The van der Waals surface area contributed by atoms with Gasteiger partial charge in [-0.1, -0.05) is 30.3 Å². The van der Waals surface area contributed by atoms with Crippen molar-refractivity contribution in [2.24, 2.45) is 0 Å². The standard InChI is InChI=1S/C53H50N10O6S2/c1-37-31-42(53(65)63-29-23-60(24-30-63)35-38-16-20-54-21-17-38)12-15-47(37)59-71(68,69)49-9-3-7-46-45(18-22-57-51(46)49)43-32-39(33-55-34-43)36-61-25-27-62(28-26-61)52(64)41-10-13-44(14-11-41)58-70(66,67)48-8-2-5-40-6-4-19-56-50(40)48/h2-22,31-34,58-59H,23-30,35-36H2,1H3. The van der Waals surface area contributed by atoms with Gasteiger partial charge < -0.3 is 9.80 Å². The molecular formula is C53H50N10O6S2. The summed E-state index contributed by atoms with van der Waals surface area (Å²) >= 11 is 0. The van der Waals surface area contributed by atoms with Crippen molar-refractivity contribution >= 4 is 65.0 Å². The van der Waals surface area contributed by atoms with Gasteiger partial charge in [-0.15, -0.1) is 0 Å². The van der Waals surface area contributed by atoms with Crippen molar-refractivity contribution < 1.29 is 26.4 Å². The van der Waals surface area contributed by atoms with E-state index in [1.165, 1.54) is 17.7 Å². The minimum absolute atomic E-state index is 0.0211. The van der Waals surface area contributed by atoms with Crippen LogP contribution in [0.4, 0.5) is 11.4 Å². The Morgan fingerprint density at radius 2 is 1.15 bits per heavy atom. The van der Waals surface area contributed by atoms with Crippen molar-refractivity contribution in [1.82, 2.24) is 39.5 Å². The van der Waals surface area contributed by atoms with E-state index in [1.54, 1.807) is 116 Å². The zero-order valence-corrected chi connectivity index (χ0v) is 40.5. The monoisotopic (exact) mass is 986 g/mol. The quantitative estimate of drug-likeness (QED) is 0.120. The topological polar surface area (TPSA) is 191 Å². The van der Waals surface area contributed by atoms with Gasteiger partial charge in [-0.3, -0.25) is 48.8 Å². The first-order valence-electron chi connectivity index (χ1n) is 23.2. The van der Waals surface area contributed by atoms with Crippen LogP contribution in [0.15, 0.2) is 162 Å². The first-order valence-corrected chi connectivity index (χ1v) is 26.2. The number of carbonyl (C=O) groups excluding carboxylic acids is 2. The van der Waals surface area contributed by atoms with Crippen molar-refractivity contribution in [2.45, 2.75) is 29.8 Å². The molecule has 18 heteroatoms. The Kier molecular flexibility index (Phi) is 13.3. The minimum atomic E-state index is -4.12. The molecule has 4 aromatic carbocycles. The lowest BCUT2D eigenvalue weighted by Gasteiger charge is -2.34. The highest BCUT2D eigenvalue weighted by Gasteiger charge is 2.26. The summed E-state index contributed by atoms with van der Waals surface area (Å²) < 4.78 is 60.2. The van der Waals surface area contributed by atoms with Gasteiger partial charge in [-0.05, 0) is 114 Å². The van der Waals surface area contributed by atoms with E-state index in [2.05, 4.69) is 39.2 Å². The second kappa shape index (κ2) is 20.0. The molecule has 71 heavy (non-hydrogen) atoms. The Bertz CT molecular complexity index is 3510. The molecule has 0 saturated carbocycles. The lowest BCUT2D eigenvalue weighted by molar-refractivity contribution is 0.0621. The third kappa shape index (κ3) is 10.3. The molecule has 2 saturated heterocycles. The van der Waals surface area contributed by atoms with E-state index in [0.717, 1.165) is 36.3 Å². The number of piperazine rings is 2. The maximum atomic E-state index is 14.1. The predicted molar refractivity (Wildman–Crippen MR) is 273 cm³/mol. The molecule has 2 amide bonds. The van der Waals surface area contributed by atoms with E-state index < -0.39 is 20.0 Å². The van der Waals surface area contributed by atoms with E-state index >= 15 is 0 Å². The molecule has 0 radical (unpaired) electrons. The van der Waals surface area contributed by atoms with Crippen LogP contribution in [-0.2, 0) is 33.1 Å². The van der Waals surface area contributed by atoms with Crippen LogP contribution in [0.5, 0.6) is 0 Å². The fraction of sp³-hybridized carbons (Fsp3) is 0.208. The number of rotatable bonds is 13. The van der Waals surface area contributed by atoms with Crippen LogP contribution < -0.4 is 9.44 Å². The third-order valence-corrected chi connectivity index (χ3v) is 15.8. The molecule has 0 aliphatic carbocycles. The van der Waals surface area contributed by atoms with Crippen LogP contribution in [0.3, 0.4) is 0 Å². The number of amides is 2. The second-order valence-electron chi connectivity index (χ2n) is 17.7. The highest BCUT2D eigenvalue weighted by Crippen LogP contribution is 2.33. The lowest BCUT2D eigenvalue weighted by Crippen LogP contribution is -2.48. The summed E-state index contributed by atoms with van der Waals surface area (Å²) in [6, 6.07) is 33.0. The molecule has 16 nitrogen and oxygen atoms in total. The molecule has 0 spiro atoms. The molecule has 0 unspecified atom stereocenters. The van der Waals surface area contributed by atoms with Gasteiger partial charge >= 0.3 is 0 Å². The summed E-state index contributed by atoms with van der Waals surface area (Å²) in [6.45, 7) is 8.13. The Balaban J connectivity index is 0.756. The highest BCUT2D eigenvalue weighted by molar-refractivity contribution is 7.93. The zero-order valence-electron chi connectivity index (χ0n) is 38.8. The van der Waals surface area contributed by atoms with Gasteiger partial charge in [0.05, 0.1) is 16.7 Å². The molecule has 0 bridgehead atoms. The number of carbonyl (C=O) groups is 2. The first kappa shape index (κ1) is 47.1. The largest absolute Gasteiger partial charge is 0.336 e. The molecule has 4 aromatic heterocycles. The predicted octanol–water partition coefficient (Wildman–Crippen LogP) is 7.07. The van der Waals surface area contributed by atoms with E-state index in [-0.39, 0.29) is 21.6 Å². The van der Waals surface area contributed by atoms with Crippen molar-refractivity contribution in [1.29, 1.82) is 0 Å². The van der Waals surface area contributed by atoms with E-state index in [0.29, 0.717) is 95.7 Å². The number of aromatic nitrogens is 4. The van der Waals surface area contributed by atoms with Crippen LogP contribution in [0.1, 0.15) is 37.4 Å². The number of nitrogens with one attached hydrogen (secondary N) is 2. The van der Waals surface area contributed by atoms with Crippen LogP contribution in [0.25, 0.3) is 32.9 Å². The Morgan fingerprint density at radius 3 is 1.86 bits per heavy atom. The summed E-state index contributed by atoms with van der Waals surface area (Å²) in [4.78, 5) is 52.8. The van der Waals surface area contributed by atoms with Gasteiger partial charge in [0, 0.05) is 136 Å². The van der Waals surface area contributed by atoms with Gasteiger partial charge in [0.1, 0.15) is 9.79 Å². The summed E-state index contributed by atoms with van der Waals surface area (Å²) in [6.07, 6.45) is 10.3. The van der Waals surface area contributed by atoms with Gasteiger partial charge in [0.25, 0.3) is 31.9 Å². The third-order valence-electron chi connectivity index (χ3n) is 13.0. The average Bonchev–Trinajstić information content (AvgIpc) is 3.39. The normalized spacial score (nSPS) is 14.9. The van der Waals surface area contributed by atoms with E-state index in [1.807, 2.05) is 41.4 Å². The SMILES string of the molecule is Cc1cc(C(=O)N2CCN(Cc3ccncc3)CC2)ccc1NS(=O)(=O)c1cccc2c(-c3cncc(CN4CCN(C(=O)c5ccc(NS(=O)(=O)c6cccc7cccnc67)cc5)CC4)c3)ccnc12. The molecule has 8 aromatic rings. The summed E-state index contributed by atoms with van der Waals surface area (Å²) in [5.74, 6) is -0.227. The Hall–Kier alpha value is -7.64. The van der Waals surface area contributed by atoms with Gasteiger partial charge in [-0.25, -0.2) is 16.8 Å². The van der Waals surface area contributed by atoms with Crippen LogP contribution in [-0.4, -0.2) is 121 Å². The number of benzene rings is 4. The second-order valence-corrected chi connectivity index (χ2v) is 21.0. The first-order chi connectivity index (χ1) is 34.4. The number of anilines is 2. The maximum absolute atomic E-state index is 14.1. The van der Waals surface area contributed by atoms with Crippen LogP contribution in [0.2, 0.25) is 0 Å². The smallest absolute Gasteiger partial charge is 0.264 e. The van der Waals surface area contributed by atoms with Crippen LogP contribution >= 0.6 is 0 Å². The number of fused-ring (bicyclic) bond motifs is 2. The fourth-order valence-electron chi connectivity index (χ4n) is 9.22. The summed E-state index contributed by atoms with van der Waals surface area (Å²) in [5, 5.41) is 1.36. The zero-order chi connectivity index (χ0) is 49.1. The van der Waals surface area contributed by atoms with Gasteiger partial charge in [0.15, 0.2) is 0 Å². The molecular weight excluding hydrogens is 937 g/mol. The van der Waals surface area contributed by atoms with Crippen molar-refractivity contribution in [3.63, 3.8) is 0 Å². The van der Waals surface area contributed by atoms with Crippen LogP contribution in [0, 0.1) is 6.92 Å². The van der Waals surface area contributed by atoms with E-state index in [9.17, 15) is 26.4 Å². The van der Waals surface area contributed by atoms with E-state index in [4.69, 9.17) is 0 Å². The summed E-state index contributed by atoms with van der Waals surface area (Å²) in [5.41, 5.74) is 6.68. The average molecular weight is 987 g/mol. The van der Waals surface area contributed by atoms with Gasteiger partial charge in [0.2, 0.25) is 0 Å². The molecule has 2 aliphatic heterocycles. The molecule has 6 heterocycles. The number of aryl methyl sites for hydroxylation is 1. The number of hydrogen-bond acceptors (Lipinski definition) is 12. The Labute approximate surface area is 412 Å². The van der Waals surface area contributed by atoms with Gasteiger partial charge in [-0.2, -0.15) is 0 Å². The minimum Gasteiger partial charge on any atom is -0.336 e. The number of pyridine rings is 4. The molecule has 0 atom stereocenters. The molecule has 360 valence electrons. The van der Waals surface area contributed by atoms with Crippen molar-refractivity contribution in [3.05, 3.63) is 180 Å². The van der Waals surface area contributed by atoms with Crippen molar-refractivity contribution in [2.75, 3.05) is 61.8 Å². The molecule has 2 aliphatic rings. The van der Waals surface area contributed by atoms with Crippen molar-refractivity contribution in [3.8, 4) is 11.1 Å². The Morgan fingerprint density at radius 1 is 0.549 bits per heavy atom.